The fraction of sp³-hybridized carbons (Fsp3) is 0.905. The average Bonchev–Trinajstić information content (AvgIpc) is 2.64. The van der Waals surface area contributed by atoms with Crippen LogP contribution in [-0.2, 0) is 9.47 Å². The number of rotatable bonds is 4. The lowest BCUT2D eigenvalue weighted by Crippen LogP contribution is -2.62. The summed E-state index contributed by atoms with van der Waals surface area (Å²) in [4.78, 5) is 0. The molecule has 0 aromatic heterocycles. The molecule has 1 saturated heterocycles. The first-order chi connectivity index (χ1) is 13.0. The summed E-state index contributed by atoms with van der Waals surface area (Å²) in [5, 5.41) is 50.9. The van der Waals surface area contributed by atoms with E-state index in [1.165, 1.54) is 5.57 Å². The lowest BCUT2D eigenvalue weighted by Gasteiger charge is -2.56. The minimum atomic E-state index is -1.45. The summed E-state index contributed by atoms with van der Waals surface area (Å²) >= 11 is 0. The van der Waals surface area contributed by atoms with Gasteiger partial charge in [-0.1, -0.05) is 32.4 Å². The van der Waals surface area contributed by atoms with Gasteiger partial charge in [0.15, 0.2) is 6.29 Å². The molecule has 0 radical (unpaired) electrons. The Hall–Kier alpha value is -0.540. The van der Waals surface area contributed by atoms with Crippen LogP contribution in [0.15, 0.2) is 11.6 Å². The van der Waals surface area contributed by atoms with Crippen molar-refractivity contribution < 1.29 is 35.0 Å². The van der Waals surface area contributed by atoms with Crippen LogP contribution in [0.2, 0.25) is 0 Å². The predicted octanol–water partition coefficient (Wildman–Crippen LogP) is 0.715. The fourth-order valence-electron chi connectivity index (χ4n) is 5.30. The third-order valence-electron chi connectivity index (χ3n) is 7.33. The van der Waals surface area contributed by atoms with Crippen molar-refractivity contribution in [3.8, 4) is 0 Å². The molecule has 3 aliphatic rings. The van der Waals surface area contributed by atoms with Crippen LogP contribution in [-0.4, -0.2) is 74.6 Å². The third-order valence-corrected chi connectivity index (χ3v) is 7.33. The van der Waals surface area contributed by atoms with E-state index in [0.29, 0.717) is 18.8 Å². The van der Waals surface area contributed by atoms with E-state index in [0.717, 1.165) is 12.8 Å². The molecular formula is C21H36O7. The van der Waals surface area contributed by atoms with Crippen LogP contribution in [0.25, 0.3) is 0 Å². The highest BCUT2D eigenvalue weighted by Crippen LogP contribution is 2.55. The van der Waals surface area contributed by atoms with Crippen LogP contribution in [0, 0.1) is 17.3 Å². The normalized spacial score (nSPS) is 49.6. The monoisotopic (exact) mass is 400 g/mol. The maximum absolute atomic E-state index is 11.1. The quantitative estimate of drug-likeness (QED) is 0.441. The zero-order valence-corrected chi connectivity index (χ0v) is 17.3. The van der Waals surface area contributed by atoms with Gasteiger partial charge in [0.2, 0.25) is 0 Å². The van der Waals surface area contributed by atoms with Gasteiger partial charge in [-0.2, -0.15) is 0 Å². The molecule has 1 aliphatic heterocycles. The SMILES string of the molecule is CC(C)C1=CCC2(C)C(OC3OC(CO)C(O)C(O)C3O)CCC(C)(O)C2C1. The molecule has 9 atom stereocenters. The predicted molar refractivity (Wildman–Crippen MR) is 102 cm³/mol. The van der Waals surface area contributed by atoms with E-state index in [9.17, 15) is 25.5 Å². The van der Waals surface area contributed by atoms with Crippen LogP contribution in [0.4, 0.5) is 0 Å². The molecule has 7 heteroatoms. The largest absolute Gasteiger partial charge is 0.394 e. The van der Waals surface area contributed by atoms with Gasteiger partial charge in [0.25, 0.3) is 0 Å². The lowest BCUT2D eigenvalue weighted by molar-refractivity contribution is -0.328. The standard InChI is InChI=1S/C21H36O7/c1-11(2)12-5-7-20(3)14(9-12)21(4,26)8-6-15(20)28-19-18(25)17(24)16(23)13(10-22)27-19/h5,11,13-19,22-26H,6-10H2,1-4H3. The molecule has 162 valence electrons. The molecule has 1 heterocycles. The molecular weight excluding hydrogens is 364 g/mol. The zero-order chi connectivity index (χ0) is 20.9. The van der Waals surface area contributed by atoms with Crippen molar-refractivity contribution in [3.63, 3.8) is 0 Å². The van der Waals surface area contributed by atoms with E-state index in [1.54, 1.807) is 0 Å². The summed E-state index contributed by atoms with van der Waals surface area (Å²) in [5.74, 6) is 0.429. The van der Waals surface area contributed by atoms with Crippen LogP contribution < -0.4 is 0 Å². The van der Waals surface area contributed by atoms with E-state index in [-0.39, 0.29) is 17.4 Å². The summed E-state index contributed by atoms with van der Waals surface area (Å²) in [5.41, 5.74) is 0.188. The van der Waals surface area contributed by atoms with Crippen LogP contribution in [0.1, 0.15) is 53.4 Å². The number of hydrogen-bond donors (Lipinski definition) is 5. The summed E-state index contributed by atoms with van der Waals surface area (Å²) in [6, 6.07) is 0. The van der Waals surface area contributed by atoms with Gasteiger partial charge in [-0.25, -0.2) is 0 Å². The van der Waals surface area contributed by atoms with Gasteiger partial charge in [0, 0.05) is 5.41 Å². The molecule has 0 aromatic rings. The van der Waals surface area contributed by atoms with Gasteiger partial charge < -0.3 is 35.0 Å². The first-order valence-electron chi connectivity index (χ1n) is 10.4. The molecule has 0 bridgehead atoms. The highest BCUT2D eigenvalue weighted by Gasteiger charge is 2.56. The van der Waals surface area contributed by atoms with Crippen LogP contribution >= 0.6 is 0 Å². The molecule has 1 saturated carbocycles. The highest BCUT2D eigenvalue weighted by molar-refractivity contribution is 5.19. The number of ether oxygens (including phenoxy) is 2. The van der Waals surface area contributed by atoms with Gasteiger partial charge >= 0.3 is 0 Å². The summed E-state index contributed by atoms with van der Waals surface area (Å²) in [6.07, 6.45) is -1.72. The van der Waals surface area contributed by atoms with E-state index in [4.69, 9.17) is 9.47 Å². The first kappa shape index (κ1) is 22.2. The zero-order valence-electron chi connectivity index (χ0n) is 17.3. The van der Waals surface area contributed by atoms with Crippen molar-refractivity contribution >= 4 is 0 Å². The maximum Gasteiger partial charge on any atom is 0.186 e. The summed E-state index contributed by atoms with van der Waals surface area (Å²) in [6.45, 7) is 7.84. The lowest BCUT2D eigenvalue weighted by atomic mass is 9.54. The van der Waals surface area contributed by atoms with Gasteiger partial charge in [-0.05, 0) is 44.4 Å². The van der Waals surface area contributed by atoms with Gasteiger partial charge in [0.1, 0.15) is 24.4 Å². The Morgan fingerprint density at radius 2 is 1.86 bits per heavy atom. The Bertz CT molecular complexity index is 587. The fourth-order valence-corrected chi connectivity index (χ4v) is 5.30. The summed E-state index contributed by atoms with van der Waals surface area (Å²) < 4.78 is 11.7. The average molecular weight is 401 g/mol. The first-order valence-corrected chi connectivity index (χ1v) is 10.4. The van der Waals surface area contributed by atoms with Gasteiger partial charge in [0.05, 0.1) is 18.3 Å². The molecule has 0 amide bonds. The Morgan fingerprint density at radius 1 is 1.18 bits per heavy atom. The highest BCUT2D eigenvalue weighted by atomic mass is 16.7. The second kappa shape index (κ2) is 7.95. The third kappa shape index (κ3) is 3.78. The second-order valence-corrected chi connectivity index (χ2v) is 9.62. The molecule has 2 aliphatic carbocycles. The van der Waals surface area contributed by atoms with Crippen molar-refractivity contribution in [1.82, 2.24) is 0 Å². The molecule has 2 fully saturated rings. The van der Waals surface area contributed by atoms with Crippen molar-refractivity contribution in [2.75, 3.05) is 6.61 Å². The molecule has 0 aromatic carbocycles. The molecule has 7 nitrogen and oxygen atoms in total. The van der Waals surface area contributed by atoms with E-state index in [2.05, 4.69) is 26.8 Å². The molecule has 9 unspecified atom stereocenters. The number of hydrogen-bond acceptors (Lipinski definition) is 7. The molecule has 28 heavy (non-hydrogen) atoms. The Labute approximate surface area is 167 Å². The van der Waals surface area contributed by atoms with Gasteiger partial charge in [-0.15, -0.1) is 0 Å². The van der Waals surface area contributed by atoms with Crippen LogP contribution in [0.5, 0.6) is 0 Å². The topological polar surface area (TPSA) is 120 Å². The number of allylic oxidation sites excluding steroid dienone is 2. The van der Waals surface area contributed by atoms with E-state index in [1.807, 2.05) is 6.92 Å². The Morgan fingerprint density at radius 3 is 2.46 bits per heavy atom. The molecule has 0 spiro atoms. The number of fused-ring (bicyclic) bond motifs is 1. The summed E-state index contributed by atoms with van der Waals surface area (Å²) in [7, 11) is 0. The van der Waals surface area contributed by atoms with Crippen LogP contribution in [0.3, 0.4) is 0 Å². The molecule has 5 N–H and O–H groups in total. The molecule has 3 rings (SSSR count). The smallest absolute Gasteiger partial charge is 0.186 e. The van der Waals surface area contributed by atoms with Crippen molar-refractivity contribution in [3.05, 3.63) is 11.6 Å². The van der Waals surface area contributed by atoms with E-state index >= 15 is 0 Å². The maximum atomic E-state index is 11.1. The number of aliphatic hydroxyl groups excluding tert-OH is 4. The minimum absolute atomic E-state index is 0.00559. The van der Waals surface area contributed by atoms with Gasteiger partial charge in [-0.3, -0.25) is 0 Å². The van der Waals surface area contributed by atoms with Crippen molar-refractivity contribution in [1.29, 1.82) is 0 Å². The Kier molecular flexibility index (Phi) is 6.29. The van der Waals surface area contributed by atoms with Crippen molar-refractivity contribution in [2.24, 2.45) is 17.3 Å². The minimum Gasteiger partial charge on any atom is -0.394 e. The van der Waals surface area contributed by atoms with Crippen molar-refractivity contribution in [2.45, 2.75) is 95.8 Å². The second-order valence-electron chi connectivity index (χ2n) is 9.62. The van der Waals surface area contributed by atoms with E-state index < -0.39 is 42.9 Å². The number of aliphatic hydroxyl groups is 5. The Balaban J connectivity index is 1.82.